The summed E-state index contributed by atoms with van der Waals surface area (Å²) in [5.41, 5.74) is 0. The molecule has 0 aromatic heterocycles. The van der Waals surface area contributed by atoms with E-state index in [4.69, 9.17) is 4.74 Å². The maximum atomic E-state index is 11.5. The minimum atomic E-state index is -0.934. The number of aliphatic hydroxyl groups is 1. The third-order valence-electron chi connectivity index (χ3n) is 4.66. The van der Waals surface area contributed by atoms with Crippen molar-refractivity contribution in [1.82, 2.24) is 0 Å². The molecule has 0 aliphatic carbocycles. The third-order valence-corrected chi connectivity index (χ3v) is 4.66. The lowest BCUT2D eigenvalue weighted by atomic mass is 10.0. The van der Waals surface area contributed by atoms with Crippen molar-refractivity contribution in [3.05, 3.63) is 0 Å². The highest BCUT2D eigenvalue weighted by molar-refractivity contribution is 5.74. The molecular weight excluding hydrogens is 312 g/mol. The third kappa shape index (κ3) is 18.0. The van der Waals surface area contributed by atoms with Crippen LogP contribution in [0.4, 0.5) is 0 Å². The molecule has 1 atom stereocenters. The number of hydrogen-bond donors (Lipinski definition) is 1. The van der Waals surface area contributed by atoms with E-state index in [1.54, 1.807) is 0 Å². The van der Waals surface area contributed by atoms with Crippen molar-refractivity contribution in [2.45, 2.75) is 123 Å². The summed E-state index contributed by atoms with van der Waals surface area (Å²) in [4.78, 5) is 11.5. The molecule has 0 spiro atoms. The standard InChI is InChI=1S/C22H44O3/c1-4-5-6-7-8-9-10-11-12-13-14-15-16-17-18-21(23)22(24)25-19-20(2)3/h20-21,23H,4-19H2,1-3H3. The largest absolute Gasteiger partial charge is 0.464 e. The summed E-state index contributed by atoms with van der Waals surface area (Å²) in [7, 11) is 0. The first-order valence-corrected chi connectivity index (χ1v) is 10.9. The SMILES string of the molecule is CCCCCCCCCCCCCCCCC(O)C(=O)OCC(C)C. The van der Waals surface area contributed by atoms with Gasteiger partial charge in [-0.15, -0.1) is 0 Å². The molecule has 0 fully saturated rings. The molecule has 0 bridgehead atoms. The molecule has 0 aliphatic rings. The van der Waals surface area contributed by atoms with Gasteiger partial charge in [-0.3, -0.25) is 0 Å². The van der Waals surface area contributed by atoms with E-state index in [1.807, 2.05) is 13.8 Å². The number of unbranched alkanes of at least 4 members (excludes halogenated alkanes) is 13. The van der Waals surface area contributed by atoms with Crippen LogP contribution in [0.25, 0.3) is 0 Å². The van der Waals surface area contributed by atoms with Gasteiger partial charge in [0, 0.05) is 0 Å². The van der Waals surface area contributed by atoms with Gasteiger partial charge in [-0.2, -0.15) is 0 Å². The first-order valence-electron chi connectivity index (χ1n) is 10.9. The van der Waals surface area contributed by atoms with E-state index in [0.29, 0.717) is 18.9 Å². The number of carbonyl (C=O) groups is 1. The van der Waals surface area contributed by atoms with Gasteiger partial charge in [0.25, 0.3) is 0 Å². The molecule has 3 nitrogen and oxygen atoms in total. The van der Waals surface area contributed by atoms with Gasteiger partial charge in [0.05, 0.1) is 6.61 Å². The fourth-order valence-corrected chi connectivity index (χ4v) is 3.00. The molecule has 0 saturated heterocycles. The zero-order chi connectivity index (χ0) is 18.8. The molecule has 1 unspecified atom stereocenters. The Hall–Kier alpha value is -0.570. The molecule has 0 saturated carbocycles. The van der Waals surface area contributed by atoms with Crippen LogP contribution >= 0.6 is 0 Å². The van der Waals surface area contributed by atoms with Crippen LogP contribution < -0.4 is 0 Å². The number of carbonyl (C=O) groups excluding carboxylic acids is 1. The number of hydrogen-bond acceptors (Lipinski definition) is 3. The molecule has 0 aliphatic heterocycles. The molecular formula is C22H44O3. The van der Waals surface area contributed by atoms with Crippen molar-refractivity contribution in [2.24, 2.45) is 5.92 Å². The Balaban J connectivity index is 3.24. The highest BCUT2D eigenvalue weighted by atomic mass is 16.5. The lowest BCUT2D eigenvalue weighted by Gasteiger charge is -2.11. The normalized spacial score (nSPS) is 12.5. The summed E-state index contributed by atoms with van der Waals surface area (Å²) in [5, 5.41) is 9.75. The van der Waals surface area contributed by atoms with Crippen LogP contribution in [0.3, 0.4) is 0 Å². The summed E-state index contributed by atoms with van der Waals surface area (Å²) in [6, 6.07) is 0. The van der Waals surface area contributed by atoms with Gasteiger partial charge in [-0.1, -0.05) is 111 Å². The Bertz CT molecular complexity index is 289. The van der Waals surface area contributed by atoms with E-state index in [0.717, 1.165) is 12.8 Å². The Kier molecular flexibility index (Phi) is 17.8. The van der Waals surface area contributed by atoms with E-state index in [2.05, 4.69) is 6.92 Å². The van der Waals surface area contributed by atoms with Crippen molar-refractivity contribution in [3.63, 3.8) is 0 Å². The van der Waals surface area contributed by atoms with Gasteiger partial charge in [-0.05, 0) is 12.3 Å². The van der Waals surface area contributed by atoms with Crippen LogP contribution in [0.5, 0.6) is 0 Å². The van der Waals surface area contributed by atoms with Gasteiger partial charge >= 0.3 is 5.97 Å². The Labute approximate surface area is 156 Å². The van der Waals surface area contributed by atoms with E-state index >= 15 is 0 Å². The molecule has 150 valence electrons. The molecule has 0 heterocycles. The van der Waals surface area contributed by atoms with Crippen molar-refractivity contribution < 1.29 is 14.6 Å². The molecule has 0 amide bonds. The van der Waals surface area contributed by atoms with E-state index < -0.39 is 12.1 Å². The lowest BCUT2D eigenvalue weighted by Crippen LogP contribution is -2.24. The predicted octanol–water partition coefficient (Wildman–Crippen LogP) is 6.42. The van der Waals surface area contributed by atoms with Crippen LogP contribution in [-0.2, 0) is 9.53 Å². The Morgan fingerprint density at radius 2 is 1.16 bits per heavy atom. The van der Waals surface area contributed by atoms with Gasteiger partial charge < -0.3 is 9.84 Å². The average molecular weight is 357 g/mol. The molecule has 3 heteroatoms. The average Bonchev–Trinajstić information content (AvgIpc) is 2.59. The first kappa shape index (κ1) is 24.4. The quantitative estimate of drug-likeness (QED) is 0.228. The second-order valence-electron chi connectivity index (χ2n) is 7.92. The number of ether oxygens (including phenoxy) is 1. The van der Waals surface area contributed by atoms with Crippen molar-refractivity contribution >= 4 is 5.97 Å². The first-order chi connectivity index (χ1) is 12.1. The van der Waals surface area contributed by atoms with E-state index in [9.17, 15) is 9.90 Å². The van der Waals surface area contributed by atoms with Crippen LogP contribution in [-0.4, -0.2) is 23.8 Å². The zero-order valence-corrected chi connectivity index (χ0v) is 17.2. The minimum absolute atomic E-state index is 0.317. The second-order valence-corrected chi connectivity index (χ2v) is 7.92. The highest BCUT2D eigenvalue weighted by Gasteiger charge is 2.16. The van der Waals surface area contributed by atoms with E-state index in [1.165, 1.54) is 77.0 Å². The summed E-state index contributed by atoms with van der Waals surface area (Å²) >= 11 is 0. The number of aliphatic hydroxyl groups excluding tert-OH is 1. The highest BCUT2D eigenvalue weighted by Crippen LogP contribution is 2.14. The van der Waals surface area contributed by atoms with Gasteiger partial charge in [0.15, 0.2) is 6.10 Å². The maximum absolute atomic E-state index is 11.5. The molecule has 0 aromatic rings. The predicted molar refractivity (Wildman–Crippen MR) is 107 cm³/mol. The second kappa shape index (κ2) is 18.2. The summed E-state index contributed by atoms with van der Waals surface area (Å²) in [6.07, 6.45) is 18.0. The number of esters is 1. The van der Waals surface area contributed by atoms with Crippen molar-refractivity contribution in [1.29, 1.82) is 0 Å². The Morgan fingerprint density at radius 3 is 1.56 bits per heavy atom. The van der Waals surface area contributed by atoms with Crippen LogP contribution in [0.15, 0.2) is 0 Å². The fourth-order valence-electron chi connectivity index (χ4n) is 3.00. The van der Waals surface area contributed by atoms with Crippen molar-refractivity contribution in [3.8, 4) is 0 Å². The summed E-state index contributed by atoms with van der Waals surface area (Å²) < 4.78 is 5.05. The summed E-state index contributed by atoms with van der Waals surface area (Å²) in [6.45, 7) is 6.65. The molecule has 0 aromatic carbocycles. The maximum Gasteiger partial charge on any atom is 0.334 e. The minimum Gasteiger partial charge on any atom is -0.464 e. The van der Waals surface area contributed by atoms with Gasteiger partial charge in [-0.25, -0.2) is 4.79 Å². The van der Waals surface area contributed by atoms with E-state index in [-0.39, 0.29) is 0 Å². The van der Waals surface area contributed by atoms with Crippen LogP contribution in [0, 0.1) is 5.92 Å². The lowest BCUT2D eigenvalue weighted by molar-refractivity contribution is -0.155. The molecule has 0 rings (SSSR count). The van der Waals surface area contributed by atoms with Crippen molar-refractivity contribution in [2.75, 3.05) is 6.61 Å². The fraction of sp³-hybridized carbons (Fsp3) is 0.955. The Morgan fingerprint density at radius 1 is 0.760 bits per heavy atom. The molecule has 25 heavy (non-hydrogen) atoms. The number of rotatable bonds is 18. The summed E-state index contributed by atoms with van der Waals surface area (Å²) in [5.74, 6) is -0.138. The van der Waals surface area contributed by atoms with Crippen LogP contribution in [0.1, 0.15) is 117 Å². The molecule has 0 radical (unpaired) electrons. The smallest absolute Gasteiger partial charge is 0.334 e. The monoisotopic (exact) mass is 356 g/mol. The van der Waals surface area contributed by atoms with Crippen LogP contribution in [0.2, 0.25) is 0 Å². The topological polar surface area (TPSA) is 46.5 Å². The van der Waals surface area contributed by atoms with Gasteiger partial charge in [0.2, 0.25) is 0 Å². The zero-order valence-electron chi connectivity index (χ0n) is 17.2. The molecule has 1 N–H and O–H groups in total. The van der Waals surface area contributed by atoms with Gasteiger partial charge in [0.1, 0.15) is 0 Å².